The van der Waals surface area contributed by atoms with Crippen LogP contribution in [-0.2, 0) is 0 Å². The summed E-state index contributed by atoms with van der Waals surface area (Å²) in [5.41, 5.74) is 1.02. The summed E-state index contributed by atoms with van der Waals surface area (Å²) in [6.45, 7) is 3.54. The fourth-order valence-corrected chi connectivity index (χ4v) is 1.94. The number of rotatable bonds is 2. The van der Waals surface area contributed by atoms with Gasteiger partial charge >= 0.3 is 0 Å². The lowest BCUT2D eigenvalue weighted by Gasteiger charge is -2.04. The molecule has 4 nitrogen and oxygen atoms in total. The summed E-state index contributed by atoms with van der Waals surface area (Å²) in [5.74, 6) is -0.813. The highest BCUT2D eigenvalue weighted by Crippen LogP contribution is 2.17. The molecule has 88 valence electrons. The first-order valence-electron chi connectivity index (χ1n) is 4.94. The van der Waals surface area contributed by atoms with Crippen LogP contribution in [0.4, 0.5) is 9.52 Å². The largest absolute Gasteiger partial charge is 0.296 e. The lowest BCUT2D eigenvalue weighted by Crippen LogP contribution is -2.13. The molecule has 0 atom stereocenters. The van der Waals surface area contributed by atoms with E-state index in [-0.39, 0.29) is 5.91 Å². The number of carbonyl (C=O) groups is 1. The van der Waals surface area contributed by atoms with E-state index >= 15 is 0 Å². The molecule has 1 N–H and O–H groups in total. The van der Waals surface area contributed by atoms with E-state index in [0.717, 1.165) is 5.01 Å². The molecule has 1 heterocycles. The number of hydrogen-bond acceptors (Lipinski definition) is 4. The van der Waals surface area contributed by atoms with Crippen LogP contribution in [0.5, 0.6) is 0 Å². The molecule has 1 aromatic heterocycles. The Hall–Kier alpha value is -1.82. The Morgan fingerprint density at radius 1 is 1.35 bits per heavy atom. The van der Waals surface area contributed by atoms with Gasteiger partial charge in [0.1, 0.15) is 10.8 Å². The van der Waals surface area contributed by atoms with Crippen molar-refractivity contribution in [3.05, 3.63) is 40.2 Å². The van der Waals surface area contributed by atoms with Crippen LogP contribution in [0, 0.1) is 19.7 Å². The minimum absolute atomic E-state index is 0.304. The number of anilines is 1. The zero-order chi connectivity index (χ0) is 12.4. The number of aromatic nitrogens is 2. The molecular formula is C11H10FN3OS. The van der Waals surface area contributed by atoms with Crippen LogP contribution in [0.1, 0.15) is 20.9 Å². The van der Waals surface area contributed by atoms with E-state index in [2.05, 4.69) is 15.5 Å². The molecule has 2 aromatic rings. The zero-order valence-electron chi connectivity index (χ0n) is 9.32. The zero-order valence-corrected chi connectivity index (χ0v) is 10.1. The highest BCUT2D eigenvalue weighted by Gasteiger charge is 2.12. The van der Waals surface area contributed by atoms with Crippen molar-refractivity contribution in [2.75, 3.05) is 5.32 Å². The molecule has 1 amide bonds. The van der Waals surface area contributed by atoms with Crippen molar-refractivity contribution in [3.63, 3.8) is 0 Å². The molecule has 0 fully saturated rings. The van der Waals surface area contributed by atoms with Crippen LogP contribution in [0.2, 0.25) is 0 Å². The molecule has 17 heavy (non-hydrogen) atoms. The number of benzene rings is 1. The summed E-state index contributed by atoms with van der Waals surface area (Å²) in [4.78, 5) is 11.9. The van der Waals surface area contributed by atoms with Gasteiger partial charge in [0, 0.05) is 5.56 Å². The number of nitrogens with zero attached hydrogens (tertiary/aromatic N) is 2. The molecule has 0 aliphatic heterocycles. The Labute approximate surface area is 102 Å². The predicted molar refractivity (Wildman–Crippen MR) is 63.7 cm³/mol. The molecule has 0 radical (unpaired) electrons. The first-order valence-corrected chi connectivity index (χ1v) is 5.75. The third kappa shape index (κ3) is 2.65. The first-order chi connectivity index (χ1) is 8.06. The maximum atomic E-state index is 13.0. The van der Waals surface area contributed by atoms with Crippen molar-refractivity contribution < 1.29 is 9.18 Å². The number of halogens is 1. The van der Waals surface area contributed by atoms with Crippen LogP contribution in [-0.4, -0.2) is 16.1 Å². The lowest BCUT2D eigenvalue weighted by molar-refractivity contribution is 0.102. The fourth-order valence-electron chi connectivity index (χ4n) is 1.35. The second-order valence-electron chi connectivity index (χ2n) is 3.54. The van der Waals surface area contributed by atoms with Gasteiger partial charge in [-0.2, -0.15) is 0 Å². The topological polar surface area (TPSA) is 54.9 Å². The van der Waals surface area contributed by atoms with Crippen LogP contribution in [0.15, 0.2) is 18.2 Å². The molecule has 0 spiro atoms. The van der Waals surface area contributed by atoms with Crippen molar-refractivity contribution in [1.29, 1.82) is 0 Å². The number of nitrogens with one attached hydrogen (secondary N) is 1. The second kappa shape index (κ2) is 4.58. The molecular weight excluding hydrogens is 241 g/mol. The molecule has 0 unspecified atom stereocenters. The summed E-state index contributed by atoms with van der Waals surface area (Å²) in [6.07, 6.45) is 0. The van der Waals surface area contributed by atoms with Gasteiger partial charge in [0.15, 0.2) is 0 Å². The van der Waals surface area contributed by atoms with E-state index in [4.69, 9.17) is 0 Å². The molecule has 0 aliphatic carbocycles. The molecule has 6 heteroatoms. The minimum Gasteiger partial charge on any atom is -0.296 e. The monoisotopic (exact) mass is 251 g/mol. The third-order valence-electron chi connectivity index (χ3n) is 2.19. The Kier molecular flexibility index (Phi) is 3.14. The van der Waals surface area contributed by atoms with Crippen LogP contribution in [0.3, 0.4) is 0 Å². The SMILES string of the molecule is Cc1nnc(NC(=O)c2cc(F)ccc2C)s1. The Balaban J connectivity index is 2.22. The van der Waals surface area contributed by atoms with Crippen molar-refractivity contribution in [1.82, 2.24) is 10.2 Å². The average Bonchev–Trinajstić information content (AvgIpc) is 2.67. The number of amides is 1. The van der Waals surface area contributed by atoms with Gasteiger partial charge in [-0.1, -0.05) is 17.4 Å². The van der Waals surface area contributed by atoms with Crippen LogP contribution in [0.25, 0.3) is 0 Å². The highest BCUT2D eigenvalue weighted by molar-refractivity contribution is 7.15. The summed E-state index contributed by atoms with van der Waals surface area (Å²) < 4.78 is 13.0. The predicted octanol–water partition coefficient (Wildman–Crippen LogP) is 2.55. The summed E-state index contributed by atoms with van der Waals surface area (Å²) >= 11 is 1.27. The molecule has 0 saturated carbocycles. The van der Waals surface area contributed by atoms with Gasteiger partial charge in [-0.25, -0.2) is 4.39 Å². The molecule has 0 bridgehead atoms. The van der Waals surface area contributed by atoms with Crippen molar-refractivity contribution >= 4 is 22.4 Å². The Bertz CT molecular complexity index is 568. The molecule has 0 aliphatic rings. The molecule has 1 aromatic carbocycles. The van der Waals surface area contributed by atoms with Gasteiger partial charge in [0.05, 0.1) is 0 Å². The van der Waals surface area contributed by atoms with E-state index in [1.807, 2.05) is 0 Å². The third-order valence-corrected chi connectivity index (χ3v) is 2.94. The van der Waals surface area contributed by atoms with Gasteiger partial charge in [0.2, 0.25) is 5.13 Å². The van der Waals surface area contributed by atoms with Gasteiger partial charge in [-0.05, 0) is 31.5 Å². The van der Waals surface area contributed by atoms with E-state index in [1.54, 1.807) is 19.9 Å². The Morgan fingerprint density at radius 2 is 2.12 bits per heavy atom. The van der Waals surface area contributed by atoms with E-state index in [9.17, 15) is 9.18 Å². The number of carbonyl (C=O) groups excluding carboxylic acids is 1. The summed E-state index contributed by atoms with van der Waals surface area (Å²) in [6, 6.07) is 4.09. The first kappa shape index (κ1) is 11.7. The number of aryl methyl sites for hydroxylation is 2. The quantitative estimate of drug-likeness (QED) is 0.892. The Morgan fingerprint density at radius 3 is 2.76 bits per heavy atom. The minimum atomic E-state index is -0.436. The molecule has 0 saturated heterocycles. The maximum absolute atomic E-state index is 13.0. The summed E-state index contributed by atoms with van der Waals surface area (Å²) in [7, 11) is 0. The number of hydrogen-bond donors (Lipinski definition) is 1. The van der Waals surface area contributed by atoms with E-state index < -0.39 is 5.82 Å². The van der Waals surface area contributed by atoms with Crippen molar-refractivity contribution in [2.45, 2.75) is 13.8 Å². The van der Waals surface area contributed by atoms with Crippen molar-refractivity contribution in [2.24, 2.45) is 0 Å². The maximum Gasteiger partial charge on any atom is 0.257 e. The van der Waals surface area contributed by atoms with Gasteiger partial charge in [-0.15, -0.1) is 10.2 Å². The fraction of sp³-hybridized carbons (Fsp3) is 0.182. The standard InChI is InChI=1S/C11H10FN3OS/c1-6-3-4-8(12)5-9(6)10(16)13-11-15-14-7(2)17-11/h3-5H,1-2H3,(H,13,15,16). The van der Waals surface area contributed by atoms with E-state index in [1.165, 1.54) is 23.5 Å². The normalized spacial score (nSPS) is 10.3. The van der Waals surface area contributed by atoms with Gasteiger partial charge in [0.25, 0.3) is 5.91 Å². The second-order valence-corrected chi connectivity index (χ2v) is 4.72. The van der Waals surface area contributed by atoms with Crippen LogP contribution >= 0.6 is 11.3 Å². The van der Waals surface area contributed by atoms with Gasteiger partial charge in [-0.3, -0.25) is 10.1 Å². The average molecular weight is 251 g/mol. The smallest absolute Gasteiger partial charge is 0.257 e. The van der Waals surface area contributed by atoms with Crippen molar-refractivity contribution in [3.8, 4) is 0 Å². The highest BCUT2D eigenvalue weighted by atomic mass is 32.1. The lowest BCUT2D eigenvalue weighted by atomic mass is 10.1. The molecule has 2 rings (SSSR count). The van der Waals surface area contributed by atoms with Gasteiger partial charge < -0.3 is 0 Å². The van der Waals surface area contributed by atoms with Crippen LogP contribution < -0.4 is 5.32 Å². The summed E-state index contributed by atoms with van der Waals surface area (Å²) in [5, 5.41) is 11.3. The van der Waals surface area contributed by atoms with E-state index in [0.29, 0.717) is 16.3 Å².